The highest BCUT2D eigenvalue weighted by Crippen LogP contribution is 2.28. The zero-order chi connectivity index (χ0) is 18.0. The van der Waals surface area contributed by atoms with Crippen LogP contribution in [0.1, 0.15) is 43.5 Å². The molecule has 25 heavy (non-hydrogen) atoms. The first-order chi connectivity index (χ1) is 11.9. The van der Waals surface area contributed by atoms with Crippen molar-refractivity contribution in [2.45, 2.75) is 45.1 Å². The Labute approximate surface area is 142 Å². The van der Waals surface area contributed by atoms with Crippen molar-refractivity contribution in [3.63, 3.8) is 0 Å². The summed E-state index contributed by atoms with van der Waals surface area (Å²) >= 11 is 0. The van der Waals surface area contributed by atoms with Crippen LogP contribution in [0.3, 0.4) is 0 Å². The van der Waals surface area contributed by atoms with Gasteiger partial charge in [-0.05, 0) is 31.2 Å². The van der Waals surface area contributed by atoms with Gasteiger partial charge in [0.05, 0.1) is 6.42 Å². The van der Waals surface area contributed by atoms with Crippen LogP contribution in [0.4, 0.5) is 13.2 Å². The van der Waals surface area contributed by atoms with Crippen LogP contribution in [-0.4, -0.2) is 22.1 Å². The Morgan fingerprint density at radius 1 is 1.16 bits per heavy atom. The van der Waals surface area contributed by atoms with Gasteiger partial charge in [-0.15, -0.1) is 10.2 Å². The average molecular weight is 353 g/mol. The minimum absolute atomic E-state index is 0.0410. The van der Waals surface area contributed by atoms with Crippen molar-refractivity contribution in [1.29, 1.82) is 0 Å². The van der Waals surface area contributed by atoms with Gasteiger partial charge >= 0.3 is 0 Å². The lowest BCUT2D eigenvalue weighted by molar-refractivity contribution is -0.119. The zero-order valence-electron chi connectivity index (χ0n) is 13.7. The Kier molecular flexibility index (Phi) is 5.06. The van der Waals surface area contributed by atoms with Crippen molar-refractivity contribution in [1.82, 2.24) is 15.5 Å². The lowest BCUT2D eigenvalue weighted by Gasteiger charge is -2.10. The predicted octanol–water partition coefficient (Wildman–Crippen LogP) is 2.93. The number of hydrogen-bond donors (Lipinski definition) is 1. The van der Waals surface area contributed by atoms with Crippen LogP contribution in [0.2, 0.25) is 0 Å². The monoisotopic (exact) mass is 353 g/mol. The largest absolute Gasteiger partial charge is 0.425 e. The summed E-state index contributed by atoms with van der Waals surface area (Å²) < 4.78 is 45.3. The van der Waals surface area contributed by atoms with Crippen LogP contribution < -0.4 is 5.32 Å². The topological polar surface area (TPSA) is 68.0 Å². The molecule has 2 atom stereocenters. The molecule has 0 unspecified atom stereocenters. The molecule has 1 amide bonds. The second-order valence-electron chi connectivity index (χ2n) is 6.40. The smallest absolute Gasteiger partial charge is 0.221 e. The molecule has 1 saturated carbocycles. The summed E-state index contributed by atoms with van der Waals surface area (Å²) in [6.07, 6.45) is 3.17. The number of aromatic nitrogens is 2. The van der Waals surface area contributed by atoms with Gasteiger partial charge in [-0.3, -0.25) is 4.79 Å². The molecule has 1 aliphatic rings. The fraction of sp³-hybridized carbons (Fsp3) is 0.471. The summed E-state index contributed by atoms with van der Waals surface area (Å²) in [6.45, 7) is 1.50. The summed E-state index contributed by atoms with van der Waals surface area (Å²) in [6, 6.07) is 1.47. The molecular formula is C17H18F3N3O2. The van der Waals surface area contributed by atoms with Crippen molar-refractivity contribution in [3.05, 3.63) is 46.9 Å². The first-order valence-electron chi connectivity index (χ1n) is 8.12. The number of nitrogens with one attached hydrogen (secondary N) is 1. The third kappa shape index (κ3) is 4.37. The van der Waals surface area contributed by atoms with Crippen LogP contribution in [0, 0.1) is 23.4 Å². The maximum atomic E-state index is 13.7. The Hall–Kier alpha value is -2.38. The number of halogens is 3. The molecule has 1 N–H and O–H groups in total. The van der Waals surface area contributed by atoms with Crippen molar-refractivity contribution in [2.24, 2.45) is 5.92 Å². The second kappa shape index (κ2) is 7.25. The van der Waals surface area contributed by atoms with E-state index in [0.717, 1.165) is 25.3 Å². The molecule has 0 spiro atoms. The van der Waals surface area contributed by atoms with Gasteiger partial charge < -0.3 is 9.73 Å². The van der Waals surface area contributed by atoms with Crippen molar-refractivity contribution >= 4 is 5.91 Å². The maximum absolute atomic E-state index is 13.7. The van der Waals surface area contributed by atoms with E-state index in [9.17, 15) is 18.0 Å². The van der Waals surface area contributed by atoms with Gasteiger partial charge in [0.15, 0.2) is 11.6 Å². The quantitative estimate of drug-likeness (QED) is 0.840. The number of benzene rings is 1. The van der Waals surface area contributed by atoms with Crippen LogP contribution in [-0.2, 0) is 17.6 Å². The van der Waals surface area contributed by atoms with Gasteiger partial charge in [0.25, 0.3) is 0 Å². The molecular weight excluding hydrogens is 335 g/mol. The Morgan fingerprint density at radius 3 is 2.64 bits per heavy atom. The van der Waals surface area contributed by atoms with Crippen LogP contribution in [0.25, 0.3) is 0 Å². The SMILES string of the molecule is CC(=O)N[C@H]1CC[C@@H](Cc2nnc(Cc3cc(F)c(F)cc3F)o2)C1. The van der Waals surface area contributed by atoms with E-state index in [1.54, 1.807) is 0 Å². The maximum Gasteiger partial charge on any atom is 0.221 e. The predicted molar refractivity (Wildman–Crippen MR) is 82.1 cm³/mol. The van der Waals surface area contributed by atoms with Crippen molar-refractivity contribution in [2.75, 3.05) is 0 Å². The van der Waals surface area contributed by atoms with Gasteiger partial charge in [-0.25, -0.2) is 13.2 Å². The molecule has 3 rings (SSSR count). The van der Waals surface area contributed by atoms with Gasteiger partial charge in [0, 0.05) is 31.0 Å². The van der Waals surface area contributed by atoms with E-state index in [1.165, 1.54) is 6.92 Å². The lowest BCUT2D eigenvalue weighted by atomic mass is 10.0. The van der Waals surface area contributed by atoms with Crippen LogP contribution >= 0.6 is 0 Å². The van der Waals surface area contributed by atoms with Crippen LogP contribution in [0.15, 0.2) is 16.5 Å². The first kappa shape index (κ1) is 17.4. The highest BCUT2D eigenvalue weighted by molar-refractivity contribution is 5.73. The molecule has 1 aromatic carbocycles. The van der Waals surface area contributed by atoms with E-state index in [1.807, 2.05) is 0 Å². The minimum atomic E-state index is -1.23. The number of nitrogens with zero attached hydrogens (tertiary/aromatic N) is 2. The third-order valence-corrected chi connectivity index (χ3v) is 4.35. The molecule has 134 valence electrons. The van der Waals surface area contributed by atoms with Gasteiger partial charge in [-0.1, -0.05) is 0 Å². The molecule has 1 fully saturated rings. The zero-order valence-corrected chi connectivity index (χ0v) is 13.7. The number of rotatable bonds is 5. The first-order valence-corrected chi connectivity index (χ1v) is 8.12. The highest BCUT2D eigenvalue weighted by atomic mass is 19.2. The fourth-order valence-electron chi connectivity index (χ4n) is 3.23. The van der Waals surface area contributed by atoms with E-state index in [2.05, 4.69) is 15.5 Å². The van der Waals surface area contributed by atoms with Gasteiger partial charge in [-0.2, -0.15) is 0 Å². The molecule has 0 bridgehead atoms. The summed E-state index contributed by atoms with van der Waals surface area (Å²) in [5.41, 5.74) is -0.0410. The molecule has 2 aromatic rings. The Bertz CT molecular complexity index is 778. The Balaban J connectivity index is 1.60. The molecule has 0 aliphatic heterocycles. The van der Waals surface area contributed by atoms with Gasteiger partial charge in [0.1, 0.15) is 5.82 Å². The van der Waals surface area contributed by atoms with E-state index in [0.29, 0.717) is 24.3 Å². The molecule has 0 saturated heterocycles. The summed E-state index contributed by atoms with van der Waals surface area (Å²) in [5.74, 6) is -2.35. The number of amides is 1. The Morgan fingerprint density at radius 2 is 1.88 bits per heavy atom. The molecule has 5 nitrogen and oxygen atoms in total. The van der Waals surface area contributed by atoms with Crippen molar-refractivity contribution < 1.29 is 22.4 Å². The standard InChI is InChI=1S/C17H18F3N3O2/c1-9(24)21-12-3-2-10(4-12)5-16-22-23-17(25-16)7-11-6-14(19)15(20)8-13(11)18/h6,8,10,12H,2-5,7H2,1H3,(H,21,24)/t10-,12+/m1/s1. The number of carbonyl (C=O) groups is 1. The lowest BCUT2D eigenvalue weighted by Crippen LogP contribution is -2.30. The van der Waals surface area contributed by atoms with E-state index >= 15 is 0 Å². The highest BCUT2D eigenvalue weighted by Gasteiger charge is 2.27. The molecule has 1 aromatic heterocycles. The third-order valence-electron chi connectivity index (χ3n) is 4.35. The van der Waals surface area contributed by atoms with E-state index in [-0.39, 0.29) is 29.8 Å². The molecule has 1 aliphatic carbocycles. The van der Waals surface area contributed by atoms with Crippen LogP contribution in [0.5, 0.6) is 0 Å². The molecule has 1 heterocycles. The molecule has 8 heteroatoms. The fourth-order valence-corrected chi connectivity index (χ4v) is 3.23. The van der Waals surface area contributed by atoms with Crippen molar-refractivity contribution in [3.8, 4) is 0 Å². The average Bonchev–Trinajstić information content (AvgIpc) is 3.14. The van der Waals surface area contributed by atoms with E-state index < -0.39 is 17.5 Å². The normalized spacial score (nSPS) is 20.0. The van der Waals surface area contributed by atoms with Gasteiger partial charge in [0.2, 0.25) is 17.7 Å². The second-order valence-corrected chi connectivity index (χ2v) is 6.40. The van der Waals surface area contributed by atoms with E-state index in [4.69, 9.17) is 4.42 Å². The summed E-state index contributed by atoms with van der Waals surface area (Å²) in [5, 5.41) is 10.7. The minimum Gasteiger partial charge on any atom is -0.425 e. The number of carbonyl (C=O) groups excluding carboxylic acids is 1. The summed E-state index contributed by atoms with van der Waals surface area (Å²) in [4.78, 5) is 11.1. The number of hydrogen-bond acceptors (Lipinski definition) is 4. The molecule has 0 radical (unpaired) electrons. The summed E-state index contributed by atoms with van der Waals surface area (Å²) in [7, 11) is 0.